The molecule has 0 bridgehead atoms. The van der Waals surface area contributed by atoms with Gasteiger partial charge in [0.25, 0.3) is 11.6 Å². The Hall–Kier alpha value is -1.70. The molecule has 1 unspecified atom stereocenters. The lowest BCUT2D eigenvalue weighted by Gasteiger charge is -2.28. The molecule has 1 atom stereocenters. The third-order valence-electron chi connectivity index (χ3n) is 3.17. The van der Waals surface area contributed by atoms with E-state index in [1.807, 2.05) is 0 Å². The van der Waals surface area contributed by atoms with Gasteiger partial charge in [-0.15, -0.1) is 0 Å². The Bertz CT molecular complexity index is 546. The molecule has 1 fully saturated rings. The number of rotatable bonds is 4. The Balaban J connectivity index is 2.09. The van der Waals surface area contributed by atoms with Crippen LogP contribution in [0.25, 0.3) is 0 Å². The highest BCUT2D eigenvalue weighted by atomic mass is 35.5. The summed E-state index contributed by atoms with van der Waals surface area (Å²) >= 11 is 5.82. The minimum absolute atomic E-state index is 0.0816. The van der Waals surface area contributed by atoms with Crippen molar-refractivity contribution in [2.45, 2.75) is 6.10 Å². The smallest absolute Gasteiger partial charge is 0.271 e. The molecule has 1 N–H and O–H groups in total. The monoisotopic (exact) mass is 313 g/mol. The van der Waals surface area contributed by atoms with Gasteiger partial charge in [-0.25, -0.2) is 0 Å². The van der Waals surface area contributed by atoms with Crippen LogP contribution in [0.2, 0.25) is 5.02 Å². The van der Waals surface area contributed by atoms with E-state index in [1.165, 1.54) is 23.1 Å². The molecule has 0 saturated carbocycles. The van der Waals surface area contributed by atoms with Crippen molar-refractivity contribution in [3.63, 3.8) is 0 Å². The first-order valence-corrected chi connectivity index (χ1v) is 6.88. The average molecular weight is 314 g/mol. The second-order valence-electron chi connectivity index (χ2n) is 4.84. The summed E-state index contributed by atoms with van der Waals surface area (Å²) < 4.78 is 5.53. The first-order chi connectivity index (χ1) is 9.97. The van der Waals surface area contributed by atoms with Crippen molar-refractivity contribution < 1.29 is 14.5 Å². The maximum Gasteiger partial charge on any atom is 0.271 e. The van der Waals surface area contributed by atoms with Crippen LogP contribution >= 0.6 is 11.6 Å². The number of hydrogen-bond donors (Lipinski definition) is 1. The number of carbonyl (C=O) groups excluding carboxylic acids is 1. The van der Waals surface area contributed by atoms with Crippen LogP contribution in [0.1, 0.15) is 10.4 Å². The maximum absolute atomic E-state index is 12.3. The summed E-state index contributed by atoms with van der Waals surface area (Å²) in [5.74, 6) is -0.324. The largest absolute Gasteiger partial charge is 0.374 e. The number of nitro groups is 1. The van der Waals surface area contributed by atoms with Crippen LogP contribution in [-0.4, -0.2) is 55.1 Å². The Labute approximate surface area is 127 Å². The number of hydrogen-bond acceptors (Lipinski definition) is 5. The molecule has 1 amide bonds. The Morgan fingerprint density at radius 2 is 2.33 bits per heavy atom. The first-order valence-electron chi connectivity index (χ1n) is 6.50. The molecule has 1 saturated heterocycles. The van der Waals surface area contributed by atoms with E-state index in [4.69, 9.17) is 16.3 Å². The number of nitrogens with zero attached hydrogens (tertiary/aromatic N) is 2. The molecule has 0 radical (unpaired) electrons. The van der Waals surface area contributed by atoms with Gasteiger partial charge in [-0.2, -0.15) is 0 Å². The summed E-state index contributed by atoms with van der Waals surface area (Å²) in [5, 5.41) is 14.2. The van der Waals surface area contributed by atoms with E-state index in [0.29, 0.717) is 19.7 Å². The molecular formula is C13H16ClN3O4. The molecule has 0 aromatic heterocycles. The maximum atomic E-state index is 12.3. The highest BCUT2D eigenvalue weighted by molar-refractivity contribution is 6.31. The number of nitro benzene ring substituents is 1. The fourth-order valence-electron chi connectivity index (χ4n) is 2.15. The Morgan fingerprint density at radius 3 is 2.95 bits per heavy atom. The summed E-state index contributed by atoms with van der Waals surface area (Å²) in [7, 11) is 1.63. The van der Waals surface area contributed by atoms with E-state index in [0.717, 1.165) is 6.54 Å². The zero-order valence-corrected chi connectivity index (χ0v) is 12.3. The van der Waals surface area contributed by atoms with Gasteiger partial charge in [-0.05, 0) is 6.07 Å². The van der Waals surface area contributed by atoms with Gasteiger partial charge < -0.3 is 15.0 Å². The molecular weight excluding hydrogens is 298 g/mol. The van der Waals surface area contributed by atoms with Gasteiger partial charge in [-0.1, -0.05) is 11.6 Å². The summed E-state index contributed by atoms with van der Waals surface area (Å²) in [6.07, 6.45) is -0.0816. The number of likely N-dealkylation sites (N-methyl/N-ethyl adjacent to an activating group) is 1. The summed E-state index contributed by atoms with van der Waals surface area (Å²) in [5.41, 5.74) is -0.00435. The molecule has 0 spiro atoms. The minimum Gasteiger partial charge on any atom is -0.374 e. The molecule has 1 aliphatic heterocycles. The number of halogens is 1. The molecule has 1 heterocycles. The highest BCUT2D eigenvalue weighted by Crippen LogP contribution is 2.21. The molecule has 7 nitrogen and oxygen atoms in total. The molecule has 2 rings (SSSR count). The van der Waals surface area contributed by atoms with Gasteiger partial charge >= 0.3 is 0 Å². The number of nitrogens with one attached hydrogen (secondary N) is 1. The van der Waals surface area contributed by atoms with Crippen molar-refractivity contribution >= 4 is 23.2 Å². The minimum atomic E-state index is -0.573. The van der Waals surface area contributed by atoms with Crippen LogP contribution in [0.15, 0.2) is 18.2 Å². The quantitative estimate of drug-likeness (QED) is 0.669. The lowest BCUT2D eigenvalue weighted by atomic mass is 10.1. The van der Waals surface area contributed by atoms with E-state index < -0.39 is 4.92 Å². The lowest BCUT2D eigenvalue weighted by molar-refractivity contribution is -0.384. The number of benzene rings is 1. The van der Waals surface area contributed by atoms with E-state index in [1.54, 1.807) is 7.05 Å². The van der Waals surface area contributed by atoms with E-state index in [9.17, 15) is 14.9 Å². The zero-order valence-electron chi connectivity index (χ0n) is 11.5. The predicted octanol–water partition coefficient (Wildman–Crippen LogP) is 1.31. The molecule has 21 heavy (non-hydrogen) atoms. The molecule has 1 aliphatic rings. The third kappa shape index (κ3) is 4.13. The summed E-state index contributed by atoms with van der Waals surface area (Å²) in [4.78, 5) is 24.0. The molecule has 114 valence electrons. The van der Waals surface area contributed by atoms with Crippen LogP contribution in [0.4, 0.5) is 5.69 Å². The number of morpholine rings is 1. The Kier molecular flexibility index (Phi) is 5.11. The fourth-order valence-corrected chi connectivity index (χ4v) is 2.38. The van der Waals surface area contributed by atoms with Gasteiger partial charge in [-0.3, -0.25) is 14.9 Å². The van der Waals surface area contributed by atoms with Gasteiger partial charge in [0, 0.05) is 49.4 Å². The molecule has 1 aromatic carbocycles. The molecule has 0 aliphatic carbocycles. The number of ether oxygens (including phenoxy) is 1. The Morgan fingerprint density at radius 1 is 1.57 bits per heavy atom. The SMILES string of the molecule is CN(CC1CNCCO1)C(=O)c1cc(Cl)cc([N+](=O)[O-])c1. The van der Waals surface area contributed by atoms with Crippen molar-refractivity contribution in [2.24, 2.45) is 0 Å². The van der Waals surface area contributed by atoms with Crippen molar-refractivity contribution in [2.75, 3.05) is 33.3 Å². The predicted molar refractivity (Wildman–Crippen MR) is 77.7 cm³/mol. The van der Waals surface area contributed by atoms with Crippen LogP contribution in [0.3, 0.4) is 0 Å². The van der Waals surface area contributed by atoms with E-state index >= 15 is 0 Å². The lowest BCUT2D eigenvalue weighted by Crippen LogP contribution is -2.45. The fraction of sp³-hybridized carbons (Fsp3) is 0.462. The van der Waals surface area contributed by atoms with E-state index in [2.05, 4.69) is 5.32 Å². The van der Waals surface area contributed by atoms with Crippen LogP contribution in [0.5, 0.6) is 0 Å². The van der Waals surface area contributed by atoms with Crippen molar-refractivity contribution in [3.05, 3.63) is 38.9 Å². The number of carbonyl (C=O) groups is 1. The normalized spacial score (nSPS) is 18.3. The molecule has 8 heteroatoms. The zero-order chi connectivity index (χ0) is 15.4. The molecule has 1 aromatic rings. The van der Waals surface area contributed by atoms with Crippen molar-refractivity contribution in [1.82, 2.24) is 10.2 Å². The first kappa shape index (κ1) is 15.7. The van der Waals surface area contributed by atoms with Crippen LogP contribution < -0.4 is 5.32 Å². The second kappa shape index (κ2) is 6.84. The van der Waals surface area contributed by atoms with Crippen LogP contribution in [0, 0.1) is 10.1 Å². The summed E-state index contributed by atoms with van der Waals surface area (Å²) in [6, 6.07) is 3.87. The van der Waals surface area contributed by atoms with Gasteiger partial charge in [0.2, 0.25) is 0 Å². The van der Waals surface area contributed by atoms with E-state index in [-0.39, 0.29) is 28.3 Å². The van der Waals surface area contributed by atoms with Gasteiger partial charge in [0.1, 0.15) is 0 Å². The second-order valence-corrected chi connectivity index (χ2v) is 5.27. The van der Waals surface area contributed by atoms with Crippen molar-refractivity contribution in [3.8, 4) is 0 Å². The summed E-state index contributed by atoms with van der Waals surface area (Å²) in [6.45, 7) is 2.49. The van der Waals surface area contributed by atoms with Gasteiger partial charge in [0.15, 0.2) is 0 Å². The van der Waals surface area contributed by atoms with Crippen LogP contribution in [-0.2, 0) is 4.74 Å². The topological polar surface area (TPSA) is 84.7 Å². The standard InChI is InChI=1S/C13H16ClN3O4/c1-16(8-12-7-15-2-3-21-12)13(18)9-4-10(14)6-11(5-9)17(19)20/h4-6,12,15H,2-3,7-8H2,1H3. The van der Waals surface area contributed by atoms with Gasteiger partial charge in [0.05, 0.1) is 17.6 Å². The number of amides is 1. The van der Waals surface area contributed by atoms with Crippen molar-refractivity contribution in [1.29, 1.82) is 0 Å². The average Bonchev–Trinajstić information content (AvgIpc) is 2.46. The number of non-ortho nitro benzene ring substituents is 1. The third-order valence-corrected chi connectivity index (χ3v) is 3.39. The highest BCUT2D eigenvalue weighted by Gasteiger charge is 2.21.